The maximum atomic E-state index is 11.8. The summed E-state index contributed by atoms with van der Waals surface area (Å²) in [5.41, 5.74) is 0.663. The van der Waals surface area contributed by atoms with Gasteiger partial charge in [-0.2, -0.15) is 4.98 Å². The van der Waals surface area contributed by atoms with Gasteiger partial charge in [0, 0.05) is 44.5 Å². The molecule has 0 aromatic carbocycles. The Morgan fingerprint density at radius 1 is 1.29 bits per heavy atom. The van der Waals surface area contributed by atoms with Gasteiger partial charge in [-0.15, -0.1) is 0 Å². The SMILES string of the molecule is O=C(CCCn1ccnc1)NCCc1nc(-c2ccccn2)no1. The van der Waals surface area contributed by atoms with E-state index in [9.17, 15) is 4.79 Å². The highest BCUT2D eigenvalue weighted by atomic mass is 16.5. The van der Waals surface area contributed by atoms with E-state index in [1.165, 1.54) is 0 Å². The molecule has 124 valence electrons. The summed E-state index contributed by atoms with van der Waals surface area (Å²) >= 11 is 0. The quantitative estimate of drug-likeness (QED) is 0.673. The first-order valence-electron chi connectivity index (χ1n) is 7.78. The number of hydrogen-bond acceptors (Lipinski definition) is 6. The minimum atomic E-state index is 0.0135. The zero-order valence-corrected chi connectivity index (χ0v) is 13.1. The first kappa shape index (κ1) is 15.9. The number of nitrogens with zero attached hydrogens (tertiary/aromatic N) is 5. The van der Waals surface area contributed by atoms with Gasteiger partial charge in [-0.1, -0.05) is 11.2 Å². The molecule has 3 aromatic rings. The molecule has 0 saturated carbocycles. The van der Waals surface area contributed by atoms with Crippen molar-refractivity contribution in [3.05, 3.63) is 49.0 Å². The molecule has 0 atom stereocenters. The minimum Gasteiger partial charge on any atom is -0.356 e. The van der Waals surface area contributed by atoms with E-state index in [1.54, 1.807) is 18.7 Å². The van der Waals surface area contributed by atoms with Gasteiger partial charge in [0.1, 0.15) is 5.69 Å². The fourth-order valence-corrected chi connectivity index (χ4v) is 2.19. The Bertz CT molecular complexity index is 754. The third-order valence-corrected chi connectivity index (χ3v) is 3.40. The van der Waals surface area contributed by atoms with E-state index in [0.717, 1.165) is 13.0 Å². The lowest BCUT2D eigenvalue weighted by atomic mass is 10.3. The summed E-state index contributed by atoms with van der Waals surface area (Å²) in [6.07, 6.45) is 8.76. The fourth-order valence-electron chi connectivity index (χ4n) is 2.19. The van der Waals surface area contributed by atoms with Crippen molar-refractivity contribution in [1.29, 1.82) is 0 Å². The second-order valence-corrected chi connectivity index (χ2v) is 5.23. The molecular weight excluding hydrogens is 308 g/mol. The van der Waals surface area contributed by atoms with E-state index in [1.807, 2.05) is 29.0 Å². The maximum Gasteiger partial charge on any atom is 0.228 e. The van der Waals surface area contributed by atoms with Crippen molar-refractivity contribution < 1.29 is 9.32 Å². The van der Waals surface area contributed by atoms with Crippen LogP contribution in [-0.4, -0.2) is 37.1 Å². The molecule has 24 heavy (non-hydrogen) atoms. The number of carbonyl (C=O) groups excluding carboxylic acids is 1. The lowest BCUT2D eigenvalue weighted by Gasteiger charge is -2.04. The first-order chi connectivity index (χ1) is 11.8. The molecule has 0 aliphatic rings. The number of aromatic nitrogens is 5. The third-order valence-electron chi connectivity index (χ3n) is 3.40. The molecule has 0 unspecified atom stereocenters. The molecule has 3 aromatic heterocycles. The number of rotatable bonds is 8. The predicted octanol–water partition coefficient (Wildman–Crippen LogP) is 1.47. The lowest BCUT2D eigenvalue weighted by Crippen LogP contribution is -2.25. The van der Waals surface area contributed by atoms with Crippen molar-refractivity contribution in [3.8, 4) is 11.5 Å². The number of nitrogens with one attached hydrogen (secondary N) is 1. The maximum absolute atomic E-state index is 11.8. The van der Waals surface area contributed by atoms with Crippen LogP contribution in [0.15, 0.2) is 47.6 Å². The van der Waals surface area contributed by atoms with Crippen molar-refractivity contribution in [2.45, 2.75) is 25.8 Å². The Morgan fingerprint density at radius 2 is 2.25 bits per heavy atom. The zero-order chi connectivity index (χ0) is 16.6. The van der Waals surface area contributed by atoms with Gasteiger partial charge in [0.25, 0.3) is 0 Å². The van der Waals surface area contributed by atoms with E-state index in [4.69, 9.17) is 4.52 Å². The zero-order valence-electron chi connectivity index (χ0n) is 13.1. The van der Waals surface area contributed by atoms with E-state index in [0.29, 0.717) is 36.8 Å². The van der Waals surface area contributed by atoms with Gasteiger partial charge >= 0.3 is 0 Å². The molecule has 3 rings (SSSR count). The Kier molecular flexibility index (Phi) is 5.28. The summed E-state index contributed by atoms with van der Waals surface area (Å²) in [4.78, 5) is 24.2. The summed E-state index contributed by atoms with van der Waals surface area (Å²) in [5.74, 6) is 0.950. The average molecular weight is 326 g/mol. The summed E-state index contributed by atoms with van der Waals surface area (Å²) in [6.45, 7) is 1.25. The number of pyridine rings is 1. The van der Waals surface area contributed by atoms with Crippen LogP contribution < -0.4 is 5.32 Å². The molecule has 0 saturated heterocycles. The minimum absolute atomic E-state index is 0.0135. The number of carbonyl (C=O) groups is 1. The Balaban J connectivity index is 1.37. The highest BCUT2D eigenvalue weighted by Crippen LogP contribution is 2.11. The van der Waals surface area contributed by atoms with Crippen LogP contribution in [0.4, 0.5) is 0 Å². The van der Waals surface area contributed by atoms with E-state index >= 15 is 0 Å². The van der Waals surface area contributed by atoms with Gasteiger partial charge in [0.15, 0.2) is 0 Å². The van der Waals surface area contributed by atoms with Gasteiger partial charge in [-0.3, -0.25) is 9.78 Å². The highest BCUT2D eigenvalue weighted by molar-refractivity contribution is 5.75. The van der Waals surface area contributed by atoms with Crippen LogP contribution in [0.3, 0.4) is 0 Å². The molecule has 8 heteroatoms. The monoisotopic (exact) mass is 326 g/mol. The number of imidazole rings is 1. The predicted molar refractivity (Wildman–Crippen MR) is 85.7 cm³/mol. The van der Waals surface area contributed by atoms with Crippen LogP contribution in [0.1, 0.15) is 18.7 Å². The molecule has 1 amide bonds. The summed E-state index contributed by atoms with van der Waals surface area (Å²) in [7, 11) is 0. The smallest absolute Gasteiger partial charge is 0.228 e. The van der Waals surface area contributed by atoms with Crippen LogP contribution in [0.25, 0.3) is 11.5 Å². The van der Waals surface area contributed by atoms with Crippen molar-refractivity contribution in [1.82, 2.24) is 30.0 Å². The molecule has 3 heterocycles. The number of aryl methyl sites for hydroxylation is 1. The molecule has 0 radical (unpaired) electrons. The molecular formula is C16H18N6O2. The van der Waals surface area contributed by atoms with Crippen molar-refractivity contribution in [3.63, 3.8) is 0 Å². The van der Waals surface area contributed by atoms with Crippen LogP contribution in [0.2, 0.25) is 0 Å². The fraction of sp³-hybridized carbons (Fsp3) is 0.312. The van der Waals surface area contributed by atoms with Crippen LogP contribution in [0.5, 0.6) is 0 Å². The largest absolute Gasteiger partial charge is 0.356 e. The van der Waals surface area contributed by atoms with E-state index in [2.05, 4.69) is 25.4 Å². The Hall–Kier alpha value is -3.03. The van der Waals surface area contributed by atoms with Crippen LogP contribution >= 0.6 is 0 Å². The first-order valence-corrected chi connectivity index (χ1v) is 7.78. The molecule has 0 aliphatic carbocycles. The Morgan fingerprint density at radius 3 is 3.04 bits per heavy atom. The third kappa shape index (κ3) is 4.48. The second kappa shape index (κ2) is 8.00. The molecule has 8 nitrogen and oxygen atoms in total. The van der Waals surface area contributed by atoms with Crippen molar-refractivity contribution in [2.24, 2.45) is 0 Å². The topological polar surface area (TPSA) is 98.7 Å². The molecule has 0 spiro atoms. The normalized spacial score (nSPS) is 10.7. The van der Waals surface area contributed by atoms with Gasteiger partial charge in [-0.05, 0) is 18.6 Å². The summed E-state index contributed by atoms with van der Waals surface area (Å²) in [5, 5.41) is 6.75. The van der Waals surface area contributed by atoms with Gasteiger partial charge in [0.2, 0.25) is 17.6 Å². The Labute approximate surface area is 138 Å². The van der Waals surface area contributed by atoms with Crippen molar-refractivity contribution >= 4 is 5.91 Å². The molecule has 0 bridgehead atoms. The van der Waals surface area contributed by atoms with E-state index in [-0.39, 0.29) is 5.91 Å². The number of amides is 1. The summed E-state index contributed by atoms with van der Waals surface area (Å²) < 4.78 is 7.12. The molecule has 0 fully saturated rings. The van der Waals surface area contributed by atoms with Crippen LogP contribution in [-0.2, 0) is 17.8 Å². The van der Waals surface area contributed by atoms with Gasteiger partial charge < -0.3 is 14.4 Å². The highest BCUT2D eigenvalue weighted by Gasteiger charge is 2.09. The van der Waals surface area contributed by atoms with Crippen LogP contribution in [0, 0.1) is 0 Å². The van der Waals surface area contributed by atoms with Gasteiger partial charge in [0.05, 0.1) is 6.33 Å². The standard InChI is InChI=1S/C16H18N6O2/c23-14(5-3-10-22-11-9-17-12-22)19-8-6-15-20-16(21-24-15)13-4-1-2-7-18-13/h1-2,4,7,9,11-12H,3,5-6,8,10H2,(H,19,23). The second-order valence-electron chi connectivity index (χ2n) is 5.23. The van der Waals surface area contributed by atoms with E-state index < -0.39 is 0 Å². The number of hydrogen-bond donors (Lipinski definition) is 1. The lowest BCUT2D eigenvalue weighted by molar-refractivity contribution is -0.121. The van der Waals surface area contributed by atoms with Gasteiger partial charge in [-0.25, -0.2) is 4.98 Å². The molecule has 0 aliphatic heterocycles. The summed E-state index contributed by atoms with van der Waals surface area (Å²) in [6, 6.07) is 5.51. The molecule has 1 N–H and O–H groups in total. The average Bonchev–Trinajstić information content (AvgIpc) is 3.28. The van der Waals surface area contributed by atoms with Crippen molar-refractivity contribution in [2.75, 3.05) is 6.54 Å².